The zero-order valence-corrected chi connectivity index (χ0v) is 18.2. The molecule has 0 saturated heterocycles. The summed E-state index contributed by atoms with van der Waals surface area (Å²) in [7, 11) is 0. The molecule has 0 spiro atoms. The van der Waals surface area contributed by atoms with Crippen LogP contribution in [0.1, 0.15) is 5.56 Å². The number of pyridine rings is 1. The minimum Gasteiger partial charge on any atom is -0.453 e. The van der Waals surface area contributed by atoms with Gasteiger partial charge in [-0.25, -0.2) is 0 Å². The molecule has 4 aromatic carbocycles. The second-order valence-electron chi connectivity index (χ2n) is 7.97. The lowest BCUT2D eigenvalue weighted by Gasteiger charge is -2.34. The van der Waals surface area contributed by atoms with E-state index in [4.69, 9.17) is 4.74 Å². The summed E-state index contributed by atoms with van der Waals surface area (Å²) in [4.78, 5) is 6.54. The smallest absolute Gasteiger partial charge is 0.151 e. The molecule has 5 aromatic rings. The van der Waals surface area contributed by atoms with E-state index < -0.39 is 0 Å². The van der Waals surface area contributed by atoms with Crippen molar-refractivity contribution in [3.63, 3.8) is 0 Å². The minimum absolute atomic E-state index is 0.599. The second-order valence-corrected chi connectivity index (χ2v) is 7.97. The van der Waals surface area contributed by atoms with E-state index in [2.05, 4.69) is 46.3 Å². The quantitative estimate of drug-likeness (QED) is 0.283. The number of anilines is 3. The lowest BCUT2D eigenvalue weighted by Crippen LogP contribution is -2.16. The number of nitrogens with zero attached hydrogens (tertiary/aromatic N) is 3. The summed E-state index contributed by atoms with van der Waals surface area (Å²) in [6.45, 7) is 0. The maximum absolute atomic E-state index is 9.72. The molecule has 0 aliphatic carbocycles. The van der Waals surface area contributed by atoms with Gasteiger partial charge >= 0.3 is 0 Å². The van der Waals surface area contributed by atoms with E-state index in [-0.39, 0.29) is 0 Å². The molecule has 0 unspecified atom stereocenters. The molecular formula is C30H19N3O. The van der Waals surface area contributed by atoms with Crippen molar-refractivity contribution >= 4 is 17.1 Å². The van der Waals surface area contributed by atoms with Crippen LogP contribution < -0.4 is 9.64 Å². The number of rotatable bonds is 3. The highest BCUT2D eigenvalue weighted by molar-refractivity contribution is 5.96. The van der Waals surface area contributed by atoms with Crippen molar-refractivity contribution in [1.29, 1.82) is 5.26 Å². The van der Waals surface area contributed by atoms with E-state index in [0.29, 0.717) is 5.56 Å². The first-order valence-corrected chi connectivity index (χ1v) is 11.0. The van der Waals surface area contributed by atoms with Crippen molar-refractivity contribution in [2.45, 2.75) is 0 Å². The van der Waals surface area contributed by atoms with Crippen LogP contribution in [0, 0.1) is 11.3 Å². The first-order valence-electron chi connectivity index (χ1n) is 11.0. The Balaban J connectivity index is 1.61. The van der Waals surface area contributed by atoms with Gasteiger partial charge in [0, 0.05) is 23.5 Å². The van der Waals surface area contributed by atoms with E-state index in [1.807, 2.05) is 66.7 Å². The third kappa shape index (κ3) is 3.19. The topological polar surface area (TPSA) is 49.2 Å². The van der Waals surface area contributed by atoms with Gasteiger partial charge in [-0.05, 0) is 47.5 Å². The van der Waals surface area contributed by atoms with E-state index in [1.165, 1.54) is 0 Å². The number of para-hydroxylation sites is 5. The van der Waals surface area contributed by atoms with Crippen LogP contribution in [0.5, 0.6) is 11.5 Å². The van der Waals surface area contributed by atoms with Gasteiger partial charge in [0.15, 0.2) is 11.5 Å². The summed E-state index contributed by atoms with van der Waals surface area (Å²) in [5, 5.41) is 9.72. The summed E-state index contributed by atoms with van der Waals surface area (Å²) in [6, 6.07) is 36.7. The van der Waals surface area contributed by atoms with Crippen molar-refractivity contribution < 1.29 is 4.74 Å². The standard InChI is InChI=1S/C30H19N3O/c31-19-21-17-18-32-20-25(21)23-10-2-1-9-22(23)24-11-3-4-12-26(24)33-27-13-5-7-15-29(27)34-30-16-8-6-14-28(30)33/h1-18,20H. The minimum atomic E-state index is 0.599. The van der Waals surface area contributed by atoms with Crippen LogP contribution in [0.4, 0.5) is 17.1 Å². The number of hydrogen-bond acceptors (Lipinski definition) is 4. The molecular weight excluding hydrogens is 418 g/mol. The van der Waals surface area contributed by atoms with Gasteiger partial charge in [-0.15, -0.1) is 0 Å². The molecule has 0 atom stereocenters. The summed E-state index contributed by atoms with van der Waals surface area (Å²) < 4.78 is 6.21. The molecule has 1 aliphatic rings. The van der Waals surface area contributed by atoms with Crippen LogP contribution in [0.2, 0.25) is 0 Å². The SMILES string of the molecule is N#Cc1ccncc1-c1ccccc1-c1ccccc1N1c2ccccc2Oc2ccccc21. The molecule has 0 N–H and O–H groups in total. The Kier molecular flexibility index (Phi) is 4.79. The monoisotopic (exact) mass is 437 g/mol. The Morgan fingerprint density at radius 1 is 0.588 bits per heavy atom. The summed E-state index contributed by atoms with van der Waals surface area (Å²) in [5.74, 6) is 1.62. The molecule has 1 aliphatic heterocycles. The average molecular weight is 438 g/mol. The Bertz CT molecular complexity index is 1520. The van der Waals surface area contributed by atoms with Gasteiger partial charge in [0.25, 0.3) is 0 Å². The highest BCUT2D eigenvalue weighted by Gasteiger charge is 2.27. The van der Waals surface area contributed by atoms with Gasteiger partial charge in [-0.1, -0.05) is 66.7 Å². The summed E-state index contributed by atoms with van der Waals surface area (Å²) in [5.41, 5.74) is 7.45. The number of ether oxygens (including phenoxy) is 1. The zero-order chi connectivity index (χ0) is 22.9. The van der Waals surface area contributed by atoms with Crippen LogP contribution in [0.25, 0.3) is 22.3 Å². The van der Waals surface area contributed by atoms with Crippen LogP contribution >= 0.6 is 0 Å². The Hall–Kier alpha value is -4.88. The lowest BCUT2D eigenvalue weighted by molar-refractivity contribution is 0.477. The third-order valence-corrected chi connectivity index (χ3v) is 6.03. The number of fused-ring (bicyclic) bond motifs is 2. The molecule has 0 radical (unpaired) electrons. The van der Waals surface area contributed by atoms with Crippen molar-refractivity contribution in [1.82, 2.24) is 4.98 Å². The molecule has 0 bridgehead atoms. The molecule has 6 rings (SSSR count). The zero-order valence-electron chi connectivity index (χ0n) is 18.2. The van der Waals surface area contributed by atoms with Crippen molar-refractivity contribution in [2.75, 3.05) is 4.90 Å². The molecule has 0 saturated carbocycles. The van der Waals surface area contributed by atoms with Crippen molar-refractivity contribution in [2.24, 2.45) is 0 Å². The van der Waals surface area contributed by atoms with Gasteiger partial charge in [0.2, 0.25) is 0 Å². The fourth-order valence-electron chi connectivity index (χ4n) is 4.52. The Labute approximate surface area is 198 Å². The van der Waals surface area contributed by atoms with E-state index in [0.717, 1.165) is 50.8 Å². The normalized spacial score (nSPS) is 11.7. The molecule has 4 nitrogen and oxygen atoms in total. The first-order chi connectivity index (χ1) is 16.8. The fourth-order valence-corrected chi connectivity index (χ4v) is 4.52. The third-order valence-electron chi connectivity index (χ3n) is 6.03. The van der Waals surface area contributed by atoms with Gasteiger partial charge in [-0.2, -0.15) is 5.26 Å². The van der Waals surface area contributed by atoms with Gasteiger partial charge in [0.05, 0.1) is 28.7 Å². The van der Waals surface area contributed by atoms with E-state index in [1.54, 1.807) is 18.5 Å². The largest absolute Gasteiger partial charge is 0.453 e. The summed E-state index contributed by atoms with van der Waals surface area (Å²) in [6.07, 6.45) is 3.42. The van der Waals surface area contributed by atoms with E-state index >= 15 is 0 Å². The van der Waals surface area contributed by atoms with Gasteiger partial charge in [-0.3, -0.25) is 4.98 Å². The molecule has 2 heterocycles. The van der Waals surface area contributed by atoms with Gasteiger partial charge < -0.3 is 9.64 Å². The first kappa shape index (κ1) is 19.8. The van der Waals surface area contributed by atoms with Crippen LogP contribution in [-0.4, -0.2) is 4.98 Å². The summed E-state index contributed by atoms with van der Waals surface area (Å²) >= 11 is 0. The Morgan fingerprint density at radius 2 is 1.12 bits per heavy atom. The number of aromatic nitrogens is 1. The maximum atomic E-state index is 9.72. The number of nitriles is 1. The van der Waals surface area contributed by atoms with Crippen molar-refractivity contribution in [3.05, 3.63) is 121 Å². The molecule has 0 amide bonds. The average Bonchev–Trinajstić information content (AvgIpc) is 2.91. The van der Waals surface area contributed by atoms with Gasteiger partial charge in [0.1, 0.15) is 0 Å². The molecule has 160 valence electrons. The predicted octanol–water partition coefficient (Wildman–Crippen LogP) is 7.86. The number of hydrogen-bond donors (Lipinski definition) is 0. The maximum Gasteiger partial charge on any atom is 0.151 e. The predicted molar refractivity (Wildman–Crippen MR) is 135 cm³/mol. The highest BCUT2D eigenvalue weighted by Crippen LogP contribution is 2.52. The van der Waals surface area contributed by atoms with Crippen LogP contribution in [0.15, 0.2) is 116 Å². The Morgan fingerprint density at radius 3 is 1.76 bits per heavy atom. The van der Waals surface area contributed by atoms with Crippen molar-refractivity contribution in [3.8, 4) is 39.8 Å². The molecule has 0 fully saturated rings. The lowest BCUT2D eigenvalue weighted by atomic mass is 9.92. The highest BCUT2D eigenvalue weighted by atomic mass is 16.5. The fraction of sp³-hybridized carbons (Fsp3) is 0. The molecule has 34 heavy (non-hydrogen) atoms. The second kappa shape index (κ2) is 8.23. The van der Waals surface area contributed by atoms with E-state index in [9.17, 15) is 5.26 Å². The van der Waals surface area contributed by atoms with Crippen LogP contribution in [0.3, 0.4) is 0 Å². The number of benzene rings is 4. The molecule has 1 aromatic heterocycles. The molecule has 4 heteroatoms. The van der Waals surface area contributed by atoms with Crippen LogP contribution in [-0.2, 0) is 0 Å².